The van der Waals surface area contributed by atoms with Crippen LogP contribution in [-0.4, -0.2) is 66.8 Å². The average molecular weight is 368 g/mol. The number of rotatable bonds is 0. The number of fused-ring (bicyclic) bond motifs is 4. The van der Waals surface area contributed by atoms with Crippen LogP contribution in [0.15, 0.2) is 0 Å². The Morgan fingerprint density at radius 1 is 0.923 bits per heavy atom. The second kappa shape index (κ2) is 4.50. The molecule has 0 aromatic carbocycles. The molecular weight excluding hydrogens is 336 g/mol. The zero-order chi connectivity index (χ0) is 19.1. The molecule has 5 N–H and O–H groups in total. The third-order valence-electron chi connectivity index (χ3n) is 9.44. The Morgan fingerprint density at radius 2 is 1.58 bits per heavy atom. The molecule has 1 spiro atoms. The van der Waals surface area contributed by atoms with E-state index in [-0.39, 0.29) is 24.0 Å². The Bertz CT molecular complexity index is 659. The molecule has 0 amide bonds. The Morgan fingerprint density at radius 3 is 2.23 bits per heavy atom. The van der Waals surface area contributed by atoms with E-state index in [0.717, 1.165) is 6.42 Å². The van der Waals surface area contributed by atoms with Crippen LogP contribution in [-0.2, 0) is 4.74 Å². The standard InChI is InChI=1S/C20H32O6/c1-16(2)15-11(26-15)12-18(4,24)10-6-5-9-7-19(10,8-17(9,3)23)13(21)14(22)20(12,16)25/h9-15,21-25H,5-8H2,1-4H3/t9-,10+,11+,12+,13-,14+,15+,17-,18-,19-,20+/m1/s1. The van der Waals surface area contributed by atoms with Crippen LogP contribution in [0.3, 0.4) is 0 Å². The molecule has 148 valence electrons. The Hall–Kier alpha value is -0.240. The van der Waals surface area contributed by atoms with Crippen LogP contribution < -0.4 is 0 Å². The smallest absolute Gasteiger partial charge is 0.110 e. The van der Waals surface area contributed by atoms with Crippen molar-refractivity contribution >= 4 is 0 Å². The van der Waals surface area contributed by atoms with Crippen LogP contribution in [0, 0.1) is 28.6 Å². The van der Waals surface area contributed by atoms with Crippen molar-refractivity contribution in [1.29, 1.82) is 0 Å². The van der Waals surface area contributed by atoms with Gasteiger partial charge >= 0.3 is 0 Å². The molecule has 6 nitrogen and oxygen atoms in total. The molecule has 2 bridgehead atoms. The molecule has 0 radical (unpaired) electrons. The van der Waals surface area contributed by atoms with Gasteiger partial charge in [-0.2, -0.15) is 0 Å². The lowest BCUT2D eigenvalue weighted by Gasteiger charge is -2.50. The maximum Gasteiger partial charge on any atom is 0.110 e. The number of aliphatic hydroxyl groups excluding tert-OH is 2. The largest absolute Gasteiger partial charge is 0.390 e. The van der Waals surface area contributed by atoms with E-state index in [1.54, 1.807) is 13.8 Å². The lowest BCUT2D eigenvalue weighted by atomic mass is 9.58. The van der Waals surface area contributed by atoms with Crippen molar-refractivity contribution in [1.82, 2.24) is 0 Å². The molecule has 0 aromatic rings. The number of hydrogen-bond donors (Lipinski definition) is 5. The van der Waals surface area contributed by atoms with Crippen molar-refractivity contribution in [2.45, 2.75) is 94.6 Å². The summed E-state index contributed by atoms with van der Waals surface area (Å²) >= 11 is 0. The summed E-state index contributed by atoms with van der Waals surface area (Å²) in [6.45, 7) is 7.24. The Labute approximate surface area is 154 Å². The van der Waals surface area contributed by atoms with Crippen molar-refractivity contribution in [3.63, 3.8) is 0 Å². The SMILES string of the molecule is CC1(C)[C@H]2O[C@H]2[C@H]2[C@](C)(O)[C@@H]3CC[C@@H]4C[C@]3(C[C@@]4(C)O)[C@H](O)[C@H](O)[C@@]21O. The molecule has 0 unspecified atom stereocenters. The van der Waals surface area contributed by atoms with Crippen LogP contribution >= 0.6 is 0 Å². The predicted molar refractivity (Wildman–Crippen MR) is 92.0 cm³/mol. The molecule has 0 aromatic heterocycles. The van der Waals surface area contributed by atoms with Gasteiger partial charge in [-0.25, -0.2) is 0 Å². The van der Waals surface area contributed by atoms with Crippen LogP contribution in [0.25, 0.3) is 0 Å². The fraction of sp³-hybridized carbons (Fsp3) is 1.00. The van der Waals surface area contributed by atoms with E-state index in [2.05, 4.69) is 0 Å². The summed E-state index contributed by atoms with van der Waals surface area (Å²) < 4.78 is 5.81. The van der Waals surface area contributed by atoms with Gasteiger partial charge in [0, 0.05) is 16.7 Å². The minimum Gasteiger partial charge on any atom is -0.390 e. The van der Waals surface area contributed by atoms with E-state index in [1.165, 1.54) is 0 Å². The van der Waals surface area contributed by atoms with Crippen LogP contribution in [0.2, 0.25) is 0 Å². The molecule has 5 fully saturated rings. The average Bonchev–Trinajstić information content (AvgIpc) is 3.24. The summed E-state index contributed by atoms with van der Waals surface area (Å²) in [6.07, 6.45) is -0.752. The minimum absolute atomic E-state index is 0.0434. The van der Waals surface area contributed by atoms with Gasteiger partial charge in [-0.3, -0.25) is 0 Å². The highest BCUT2D eigenvalue weighted by molar-refractivity contribution is 5.32. The fourth-order valence-corrected chi connectivity index (χ4v) is 8.15. The molecule has 6 heteroatoms. The fourth-order valence-electron chi connectivity index (χ4n) is 8.15. The normalized spacial score (nSPS) is 68.0. The molecule has 1 saturated heterocycles. The molecule has 26 heavy (non-hydrogen) atoms. The summed E-state index contributed by atoms with van der Waals surface area (Å²) in [6, 6.07) is 0. The lowest BCUT2D eigenvalue weighted by molar-refractivity contribution is -0.232. The molecule has 5 rings (SSSR count). The quantitative estimate of drug-likeness (QED) is 0.390. The number of ether oxygens (including phenoxy) is 1. The van der Waals surface area contributed by atoms with E-state index in [9.17, 15) is 25.5 Å². The molecule has 11 atom stereocenters. The highest BCUT2D eigenvalue weighted by Crippen LogP contribution is 2.72. The van der Waals surface area contributed by atoms with Gasteiger partial charge in [0.15, 0.2) is 0 Å². The summed E-state index contributed by atoms with van der Waals surface area (Å²) in [5.74, 6) is -0.921. The highest BCUT2D eigenvalue weighted by atomic mass is 16.6. The monoisotopic (exact) mass is 368 g/mol. The molecule has 4 saturated carbocycles. The van der Waals surface area contributed by atoms with Gasteiger partial charge in [-0.1, -0.05) is 13.8 Å². The molecular formula is C20H32O6. The minimum atomic E-state index is -1.64. The molecule has 1 heterocycles. The van der Waals surface area contributed by atoms with Gasteiger partial charge in [-0.15, -0.1) is 0 Å². The topological polar surface area (TPSA) is 114 Å². The van der Waals surface area contributed by atoms with Crippen molar-refractivity contribution in [2.24, 2.45) is 28.6 Å². The third-order valence-corrected chi connectivity index (χ3v) is 9.44. The second-order valence-electron chi connectivity index (χ2n) is 11.0. The summed E-state index contributed by atoms with van der Waals surface area (Å²) in [5, 5.41) is 57.1. The van der Waals surface area contributed by atoms with E-state index in [1.807, 2.05) is 13.8 Å². The van der Waals surface area contributed by atoms with Crippen molar-refractivity contribution in [3.8, 4) is 0 Å². The lowest BCUT2D eigenvalue weighted by Crippen LogP contribution is -2.64. The zero-order valence-corrected chi connectivity index (χ0v) is 16.0. The van der Waals surface area contributed by atoms with Crippen molar-refractivity contribution in [3.05, 3.63) is 0 Å². The van der Waals surface area contributed by atoms with E-state index in [0.29, 0.717) is 19.3 Å². The van der Waals surface area contributed by atoms with Gasteiger partial charge in [-0.05, 0) is 51.4 Å². The van der Waals surface area contributed by atoms with Crippen molar-refractivity contribution < 1.29 is 30.3 Å². The zero-order valence-electron chi connectivity index (χ0n) is 16.0. The van der Waals surface area contributed by atoms with Gasteiger partial charge in [0.25, 0.3) is 0 Å². The first-order valence-electron chi connectivity index (χ1n) is 10.0. The van der Waals surface area contributed by atoms with Gasteiger partial charge < -0.3 is 30.3 Å². The summed E-state index contributed by atoms with van der Waals surface area (Å²) in [7, 11) is 0. The Kier molecular flexibility index (Phi) is 3.08. The van der Waals surface area contributed by atoms with Gasteiger partial charge in [0.1, 0.15) is 11.7 Å². The Balaban J connectivity index is 1.71. The summed E-state index contributed by atoms with van der Waals surface area (Å²) in [5.41, 5.74) is -5.44. The number of epoxide rings is 1. The third kappa shape index (κ3) is 1.64. The second-order valence-corrected chi connectivity index (χ2v) is 11.0. The maximum atomic E-state index is 11.8. The van der Waals surface area contributed by atoms with E-state index in [4.69, 9.17) is 4.74 Å². The van der Waals surface area contributed by atoms with Gasteiger partial charge in [0.2, 0.25) is 0 Å². The van der Waals surface area contributed by atoms with E-state index < -0.39 is 45.8 Å². The first-order chi connectivity index (χ1) is 11.8. The number of aliphatic hydroxyl groups is 5. The van der Waals surface area contributed by atoms with Crippen LogP contribution in [0.4, 0.5) is 0 Å². The maximum absolute atomic E-state index is 11.8. The van der Waals surface area contributed by atoms with Crippen molar-refractivity contribution in [2.75, 3.05) is 0 Å². The highest BCUT2D eigenvalue weighted by Gasteiger charge is 2.83. The predicted octanol–water partition coefficient (Wildman–Crippen LogP) is 0.185. The first kappa shape index (κ1) is 17.8. The summed E-state index contributed by atoms with van der Waals surface area (Å²) in [4.78, 5) is 0. The van der Waals surface area contributed by atoms with Gasteiger partial charge in [0.05, 0.1) is 29.5 Å². The molecule has 5 aliphatic rings. The van der Waals surface area contributed by atoms with Crippen LogP contribution in [0.1, 0.15) is 53.4 Å². The van der Waals surface area contributed by atoms with E-state index >= 15 is 0 Å². The van der Waals surface area contributed by atoms with Crippen LogP contribution in [0.5, 0.6) is 0 Å². The molecule has 1 aliphatic heterocycles. The number of hydrogen-bond acceptors (Lipinski definition) is 6. The first-order valence-corrected chi connectivity index (χ1v) is 10.0. The molecule has 4 aliphatic carbocycles.